The van der Waals surface area contributed by atoms with Crippen LogP contribution in [-0.4, -0.2) is 181 Å². The minimum absolute atomic E-state index is 0.0148. The minimum atomic E-state index is -1.70. The van der Waals surface area contributed by atoms with Crippen LogP contribution < -0.4 is 81.8 Å². The van der Waals surface area contributed by atoms with Gasteiger partial charge in [0, 0.05) is 31.7 Å². The van der Waals surface area contributed by atoms with Crippen molar-refractivity contribution in [2.75, 3.05) is 39.3 Å². The summed E-state index contributed by atoms with van der Waals surface area (Å²) in [6.45, 7) is 9.18. The van der Waals surface area contributed by atoms with Crippen molar-refractivity contribution in [2.45, 2.75) is 198 Å². The van der Waals surface area contributed by atoms with Crippen LogP contribution in [0.5, 0.6) is 0 Å². The Morgan fingerprint density at radius 2 is 1.16 bits per heavy atom. The molecule has 1 aromatic rings. The molecular formula is C57H99N15O13. The largest absolute Gasteiger partial charge is 0.391 e. The van der Waals surface area contributed by atoms with Crippen molar-refractivity contribution in [3.05, 3.63) is 35.9 Å². The number of Topliss-reactive ketones (excluding diaryl/α,β-unsaturated/α-hetero) is 1. The summed E-state index contributed by atoms with van der Waals surface area (Å²) >= 11 is 0. The average molecular weight is 1200 g/mol. The molecule has 13 atom stereocenters. The van der Waals surface area contributed by atoms with E-state index in [-0.39, 0.29) is 90.0 Å². The SMILES string of the molecule is CCC(C)CCCCC(=O)NC(CCN)C(=O)NC(C(=O)NC(CCN)C(=O)NC1CCNC(=O)C(C(C)O)NC(=O)C(CCN)CC(=O)C(CCN)NC(=O)C(CC(C)C)NC(=O)C(Cc2ccccc2)NC(=O)C(CCN)NC1=O)C(C)O. The smallest absolute Gasteiger partial charge is 0.245 e. The van der Waals surface area contributed by atoms with Crippen LogP contribution in [0.2, 0.25) is 0 Å². The van der Waals surface area contributed by atoms with E-state index in [1.807, 2.05) is 0 Å². The fourth-order valence-corrected chi connectivity index (χ4v) is 9.39. The van der Waals surface area contributed by atoms with E-state index < -0.39 is 157 Å². The van der Waals surface area contributed by atoms with Gasteiger partial charge in [0.05, 0.1) is 18.2 Å². The molecule has 0 aliphatic carbocycles. The number of unbranched alkanes of at least 4 members (excludes halogenated alkanes) is 1. The van der Waals surface area contributed by atoms with Crippen LogP contribution in [0, 0.1) is 17.8 Å². The first kappa shape index (κ1) is 74.4. The molecule has 0 bridgehead atoms. The Kier molecular flexibility index (Phi) is 34.9. The number of aliphatic hydroxyl groups is 2. The minimum Gasteiger partial charge on any atom is -0.391 e. The third-order valence-corrected chi connectivity index (χ3v) is 14.6. The summed E-state index contributed by atoms with van der Waals surface area (Å²) in [5, 5.41) is 47.4. The van der Waals surface area contributed by atoms with Gasteiger partial charge >= 0.3 is 0 Å². The summed E-state index contributed by atoms with van der Waals surface area (Å²) in [5.41, 5.74) is 30.0. The molecule has 0 spiro atoms. The van der Waals surface area contributed by atoms with Crippen molar-refractivity contribution < 1.29 is 63.0 Å². The van der Waals surface area contributed by atoms with Crippen LogP contribution in [-0.2, 0) is 59.2 Å². The molecule has 0 aromatic heterocycles. The number of hydrogen-bond acceptors (Lipinski definition) is 18. The van der Waals surface area contributed by atoms with Crippen molar-refractivity contribution in [3.63, 3.8) is 0 Å². The number of aliphatic hydroxyl groups excluding tert-OH is 2. The van der Waals surface area contributed by atoms with Gasteiger partial charge in [-0.05, 0) is 115 Å². The monoisotopic (exact) mass is 1200 g/mol. The second-order valence-electron chi connectivity index (χ2n) is 22.4. The van der Waals surface area contributed by atoms with Crippen LogP contribution in [0.1, 0.15) is 131 Å². The number of carbonyl (C=O) groups excluding carboxylic acids is 11. The molecule has 85 heavy (non-hydrogen) atoms. The van der Waals surface area contributed by atoms with Gasteiger partial charge in [-0.3, -0.25) is 52.7 Å². The Morgan fingerprint density at radius 1 is 0.600 bits per heavy atom. The van der Waals surface area contributed by atoms with Crippen molar-refractivity contribution >= 4 is 64.9 Å². The molecule has 1 aliphatic heterocycles. The van der Waals surface area contributed by atoms with Crippen LogP contribution in [0.15, 0.2) is 30.3 Å². The van der Waals surface area contributed by atoms with Gasteiger partial charge in [-0.25, -0.2) is 0 Å². The molecule has 2 rings (SSSR count). The third-order valence-electron chi connectivity index (χ3n) is 14.6. The molecule has 0 radical (unpaired) electrons. The van der Waals surface area contributed by atoms with Gasteiger partial charge in [0.1, 0.15) is 48.3 Å². The predicted molar refractivity (Wildman–Crippen MR) is 317 cm³/mol. The Morgan fingerprint density at radius 3 is 1.74 bits per heavy atom. The fourth-order valence-electron chi connectivity index (χ4n) is 9.39. The highest BCUT2D eigenvalue weighted by molar-refractivity contribution is 5.99. The van der Waals surface area contributed by atoms with E-state index in [9.17, 15) is 63.0 Å². The summed E-state index contributed by atoms with van der Waals surface area (Å²) in [5.74, 6) is -10.1. The summed E-state index contributed by atoms with van der Waals surface area (Å²) in [6.07, 6.45) is -1.27. The maximum Gasteiger partial charge on any atom is 0.245 e. The molecular weight excluding hydrogens is 1100 g/mol. The van der Waals surface area contributed by atoms with Crippen molar-refractivity contribution in [3.8, 4) is 0 Å². The maximum absolute atomic E-state index is 14.5. The highest BCUT2D eigenvalue weighted by Crippen LogP contribution is 2.16. The van der Waals surface area contributed by atoms with Gasteiger partial charge in [0.2, 0.25) is 59.1 Å². The zero-order chi connectivity index (χ0) is 63.8. The Balaban J connectivity index is 2.67. The van der Waals surface area contributed by atoms with Crippen LogP contribution >= 0.6 is 0 Å². The molecule has 13 unspecified atom stereocenters. The molecule has 1 saturated heterocycles. The molecule has 1 aliphatic rings. The van der Waals surface area contributed by atoms with Crippen LogP contribution in [0.25, 0.3) is 0 Å². The topological polar surface area (TPSA) is 479 Å². The molecule has 28 heteroatoms. The van der Waals surface area contributed by atoms with Gasteiger partial charge in [-0.1, -0.05) is 77.3 Å². The lowest BCUT2D eigenvalue weighted by Crippen LogP contribution is -2.62. The highest BCUT2D eigenvalue weighted by atomic mass is 16.3. The van der Waals surface area contributed by atoms with E-state index in [0.29, 0.717) is 17.9 Å². The number of benzene rings is 1. The zero-order valence-electron chi connectivity index (χ0n) is 50.4. The van der Waals surface area contributed by atoms with Gasteiger partial charge in [-0.2, -0.15) is 0 Å². The number of amides is 10. The molecule has 480 valence electrons. The molecule has 1 heterocycles. The Bertz CT molecular complexity index is 2310. The molecule has 1 aromatic carbocycles. The molecule has 10 amide bonds. The Labute approximate surface area is 499 Å². The van der Waals surface area contributed by atoms with E-state index in [4.69, 9.17) is 28.7 Å². The number of rotatable bonds is 29. The molecule has 1 fully saturated rings. The average Bonchev–Trinajstić information content (AvgIpc) is 3.67. The lowest BCUT2D eigenvalue weighted by atomic mass is 9.92. The van der Waals surface area contributed by atoms with Crippen LogP contribution in [0.4, 0.5) is 0 Å². The lowest BCUT2D eigenvalue weighted by Gasteiger charge is -2.29. The number of hydrogen-bond donors (Lipinski definition) is 17. The summed E-state index contributed by atoms with van der Waals surface area (Å²) in [7, 11) is 0. The quantitative estimate of drug-likeness (QED) is 0.0339. The van der Waals surface area contributed by atoms with E-state index in [1.165, 1.54) is 13.8 Å². The van der Waals surface area contributed by atoms with Crippen molar-refractivity contribution in [2.24, 2.45) is 46.4 Å². The fraction of sp³-hybridized carbons (Fsp3) is 0.702. The predicted octanol–water partition coefficient (Wildman–Crippen LogP) is -4.15. The number of carbonyl (C=O) groups is 11. The first-order valence-corrected chi connectivity index (χ1v) is 29.8. The standard InChI is InChI=1S/C57H99N15O13/c1-7-33(4)13-11-12-16-46(76)64-39(19-25-60)53(81)72-48(35(6)74)57(85)68-41(21-27-62)50(78)67-42-22-28-63-56(84)47(34(5)73)71-49(77)37(17-23-58)31-45(75)38(18-24-59)65-54(82)43(29-32(2)3)69-55(83)44(30-36-14-9-8-10-15-36)70-51(79)40(20-26-61)66-52(42)80/h8-10,14-15,32-35,37-44,47-48,73-74H,7,11-13,16-31,58-62H2,1-6H3,(H,63,84)(H,64,76)(H,65,82)(H,66,80)(H,67,78)(H,68,85)(H,69,83)(H,70,79)(H,71,77)(H,72,81). The number of nitrogens with two attached hydrogens (primary N) is 5. The van der Waals surface area contributed by atoms with Crippen molar-refractivity contribution in [1.29, 1.82) is 0 Å². The van der Waals surface area contributed by atoms with E-state index in [2.05, 4.69) is 67.0 Å². The number of ketones is 1. The van der Waals surface area contributed by atoms with Gasteiger partial charge in [0.25, 0.3) is 0 Å². The first-order valence-electron chi connectivity index (χ1n) is 29.8. The highest BCUT2D eigenvalue weighted by Gasteiger charge is 2.38. The summed E-state index contributed by atoms with van der Waals surface area (Å²) in [6, 6.07) is -4.56. The number of nitrogens with one attached hydrogen (secondary N) is 10. The van der Waals surface area contributed by atoms with Gasteiger partial charge < -0.3 is 92.0 Å². The normalized spacial score (nSPS) is 23.0. The van der Waals surface area contributed by atoms with Crippen molar-refractivity contribution in [1.82, 2.24) is 53.2 Å². The van der Waals surface area contributed by atoms with E-state index in [0.717, 1.165) is 19.3 Å². The summed E-state index contributed by atoms with van der Waals surface area (Å²) < 4.78 is 0. The first-order chi connectivity index (χ1) is 40.3. The third kappa shape index (κ3) is 27.1. The Hall–Kier alpha value is -6.69. The van der Waals surface area contributed by atoms with Gasteiger partial charge in [-0.15, -0.1) is 0 Å². The van der Waals surface area contributed by atoms with Crippen LogP contribution in [0.3, 0.4) is 0 Å². The molecule has 22 N–H and O–H groups in total. The van der Waals surface area contributed by atoms with Gasteiger partial charge in [0.15, 0.2) is 5.78 Å². The second-order valence-corrected chi connectivity index (χ2v) is 22.4. The molecule has 0 saturated carbocycles. The summed E-state index contributed by atoms with van der Waals surface area (Å²) in [4.78, 5) is 154. The maximum atomic E-state index is 14.5. The molecule has 28 nitrogen and oxygen atoms in total. The lowest BCUT2D eigenvalue weighted by molar-refractivity contribution is -0.137. The zero-order valence-corrected chi connectivity index (χ0v) is 50.4. The van der Waals surface area contributed by atoms with E-state index in [1.54, 1.807) is 44.2 Å². The second kappa shape index (κ2) is 39.8. The van der Waals surface area contributed by atoms with E-state index >= 15 is 0 Å².